The summed E-state index contributed by atoms with van der Waals surface area (Å²) >= 11 is 0. The molecule has 0 aliphatic carbocycles. The molecule has 1 heterocycles. The van der Waals surface area contributed by atoms with Crippen LogP contribution in [0.25, 0.3) is 6.08 Å². The van der Waals surface area contributed by atoms with E-state index in [0.717, 1.165) is 12.0 Å². The van der Waals surface area contributed by atoms with Gasteiger partial charge < -0.3 is 10.1 Å². The second kappa shape index (κ2) is 10.4. The Bertz CT molecular complexity index is 784. The van der Waals surface area contributed by atoms with Gasteiger partial charge in [-0.25, -0.2) is 8.42 Å². The van der Waals surface area contributed by atoms with Crippen LogP contribution in [0.5, 0.6) is 0 Å². The first kappa shape index (κ1) is 22.1. The fourth-order valence-electron chi connectivity index (χ4n) is 2.88. The number of carbonyl (C=O) groups excluding carboxylic acids is 2. The van der Waals surface area contributed by atoms with Crippen molar-refractivity contribution in [3.63, 3.8) is 0 Å². The summed E-state index contributed by atoms with van der Waals surface area (Å²) in [6, 6.07) is 9.20. The zero-order valence-electron chi connectivity index (χ0n) is 16.3. The van der Waals surface area contributed by atoms with Gasteiger partial charge in [-0.3, -0.25) is 9.59 Å². The molecular weight excluding hydrogens is 380 g/mol. The highest BCUT2D eigenvalue weighted by Gasteiger charge is 2.32. The number of nitrogens with one attached hydrogen (secondary N) is 1. The lowest BCUT2D eigenvalue weighted by atomic mass is 9.98. The van der Waals surface area contributed by atoms with Crippen LogP contribution in [0, 0.1) is 5.92 Å². The monoisotopic (exact) mass is 408 g/mol. The smallest absolute Gasteiger partial charge is 0.309 e. The van der Waals surface area contributed by atoms with E-state index in [-0.39, 0.29) is 19.0 Å². The normalized spacial score (nSPS) is 17.4. The average molecular weight is 409 g/mol. The van der Waals surface area contributed by atoms with Crippen LogP contribution in [0.3, 0.4) is 0 Å². The molecule has 1 aliphatic rings. The van der Waals surface area contributed by atoms with Crippen LogP contribution in [0.15, 0.2) is 35.7 Å². The van der Waals surface area contributed by atoms with Crippen molar-refractivity contribution in [2.45, 2.75) is 39.2 Å². The molecule has 28 heavy (non-hydrogen) atoms. The summed E-state index contributed by atoms with van der Waals surface area (Å²) in [6.07, 6.45) is 2.26. The summed E-state index contributed by atoms with van der Waals surface area (Å²) in [4.78, 5) is 24.1. The molecule has 154 valence electrons. The Balaban J connectivity index is 1.85. The highest BCUT2D eigenvalue weighted by Crippen LogP contribution is 2.22. The third-order valence-electron chi connectivity index (χ3n) is 4.59. The van der Waals surface area contributed by atoms with E-state index in [2.05, 4.69) is 5.32 Å². The van der Waals surface area contributed by atoms with Crippen molar-refractivity contribution >= 4 is 28.0 Å². The third kappa shape index (κ3) is 6.45. The highest BCUT2D eigenvalue weighted by atomic mass is 32.2. The number of nitrogens with zero attached hydrogens (tertiary/aromatic N) is 1. The first-order chi connectivity index (χ1) is 13.3. The molecule has 0 spiro atoms. The van der Waals surface area contributed by atoms with Crippen molar-refractivity contribution in [1.29, 1.82) is 0 Å². The maximum Gasteiger partial charge on any atom is 0.309 e. The lowest BCUT2D eigenvalue weighted by Crippen LogP contribution is -2.42. The molecule has 7 nitrogen and oxygen atoms in total. The number of rotatable bonds is 8. The fourth-order valence-corrected chi connectivity index (χ4v) is 4.10. The van der Waals surface area contributed by atoms with Gasteiger partial charge in [0.05, 0.1) is 5.92 Å². The van der Waals surface area contributed by atoms with Gasteiger partial charge in [0.15, 0.2) is 6.10 Å². The van der Waals surface area contributed by atoms with Crippen LogP contribution in [-0.2, 0) is 24.3 Å². The van der Waals surface area contributed by atoms with E-state index in [9.17, 15) is 18.0 Å². The van der Waals surface area contributed by atoms with Crippen molar-refractivity contribution in [2.75, 3.05) is 19.6 Å². The molecule has 1 aromatic rings. The van der Waals surface area contributed by atoms with Crippen LogP contribution in [0.2, 0.25) is 0 Å². The van der Waals surface area contributed by atoms with Crippen LogP contribution >= 0.6 is 0 Å². The number of esters is 1. The number of ether oxygens (including phenoxy) is 1. The van der Waals surface area contributed by atoms with Gasteiger partial charge in [0.25, 0.3) is 5.91 Å². The summed E-state index contributed by atoms with van der Waals surface area (Å²) in [5.74, 6) is -1.16. The second-order valence-electron chi connectivity index (χ2n) is 6.80. The average Bonchev–Trinajstić information content (AvgIpc) is 2.71. The Hall–Kier alpha value is -2.19. The number of hydrogen-bond acceptors (Lipinski definition) is 5. The fraction of sp³-hybridized carbons (Fsp3) is 0.500. The molecule has 1 saturated heterocycles. The molecule has 1 fully saturated rings. The van der Waals surface area contributed by atoms with E-state index in [1.54, 1.807) is 6.08 Å². The second-order valence-corrected chi connectivity index (χ2v) is 8.62. The maximum atomic E-state index is 12.5. The number of hydrogen-bond donors (Lipinski definition) is 1. The molecule has 1 N–H and O–H groups in total. The van der Waals surface area contributed by atoms with Crippen molar-refractivity contribution in [1.82, 2.24) is 9.62 Å². The van der Waals surface area contributed by atoms with Gasteiger partial charge >= 0.3 is 5.97 Å². The quantitative estimate of drug-likeness (QED) is 0.666. The molecule has 8 heteroatoms. The minimum Gasteiger partial charge on any atom is -0.452 e. The predicted molar refractivity (Wildman–Crippen MR) is 108 cm³/mol. The molecule has 0 radical (unpaired) electrons. The van der Waals surface area contributed by atoms with E-state index in [1.807, 2.05) is 37.3 Å². The van der Waals surface area contributed by atoms with Gasteiger partial charge in [-0.15, -0.1) is 0 Å². The van der Waals surface area contributed by atoms with E-state index >= 15 is 0 Å². The van der Waals surface area contributed by atoms with E-state index in [4.69, 9.17) is 4.74 Å². The molecule has 0 aromatic heterocycles. The molecule has 1 atom stereocenters. The number of benzene rings is 1. The summed E-state index contributed by atoms with van der Waals surface area (Å²) in [5, 5.41) is 3.88. The Kier molecular flexibility index (Phi) is 8.19. The van der Waals surface area contributed by atoms with E-state index in [0.29, 0.717) is 19.4 Å². The molecule has 0 bridgehead atoms. The SMILES string of the molecule is CCCNC(=O)[C@@H](C)OC(=O)C1CCN(S(=O)(=O)/C=C/c2ccccc2)CC1. The molecular formula is C20H28N2O5S. The Morgan fingerprint density at radius 2 is 1.89 bits per heavy atom. The van der Waals surface area contributed by atoms with Crippen LogP contribution in [0.1, 0.15) is 38.7 Å². The summed E-state index contributed by atoms with van der Waals surface area (Å²) in [5.41, 5.74) is 0.805. The van der Waals surface area contributed by atoms with E-state index in [1.165, 1.54) is 16.6 Å². The Morgan fingerprint density at radius 3 is 2.50 bits per heavy atom. The largest absolute Gasteiger partial charge is 0.452 e. The summed E-state index contributed by atoms with van der Waals surface area (Å²) in [6.45, 7) is 4.51. The number of piperidine rings is 1. The minimum atomic E-state index is -3.54. The first-order valence-corrected chi connectivity index (χ1v) is 11.0. The molecule has 2 rings (SSSR count). The zero-order valence-corrected chi connectivity index (χ0v) is 17.2. The minimum absolute atomic E-state index is 0.248. The van der Waals surface area contributed by atoms with Gasteiger partial charge in [-0.05, 0) is 37.8 Å². The van der Waals surface area contributed by atoms with Gasteiger partial charge in [-0.2, -0.15) is 4.31 Å². The number of carbonyl (C=O) groups is 2. The Morgan fingerprint density at radius 1 is 1.25 bits per heavy atom. The van der Waals surface area contributed by atoms with Crippen LogP contribution in [-0.4, -0.2) is 50.3 Å². The first-order valence-electron chi connectivity index (χ1n) is 9.55. The zero-order chi connectivity index (χ0) is 20.6. The topological polar surface area (TPSA) is 92.8 Å². The standard InChI is InChI=1S/C20H28N2O5S/c1-3-12-21-19(23)16(2)27-20(24)18-9-13-22(14-10-18)28(25,26)15-11-17-7-5-4-6-8-17/h4-8,11,15-16,18H,3,9-10,12-14H2,1-2H3,(H,21,23)/b15-11+/t16-/m1/s1. The van der Waals surface area contributed by atoms with Crippen molar-refractivity contribution in [3.05, 3.63) is 41.3 Å². The summed E-state index contributed by atoms with van der Waals surface area (Å²) < 4.78 is 31.6. The molecule has 0 saturated carbocycles. The highest BCUT2D eigenvalue weighted by molar-refractivity contribution is 7.92. The number of amides is 1. The molecule has 1 amide bonds. The van der Waals surface area contributed by atoms with Gasteiger partial charge in [-0.1, -0.05) is 37.3 Å². The summed E-state index contributed by atoms with van der Waals surface area (Å²) in [7, 11) is -3.54. The lowest BCUT2D eigenvalue weighted by molar-refractivity contribution is -0.159. The maximum absolute atomic E-state index is 12.5. The van der Waals surface area contributed by atoms with Crippen LogP contribution < -0.4 is 5.32 Å². The lowest BCUT2D eigenvalue weighted by Gasteiger charge is -2.29. The molecule has 1 aliphatic heterocycles. The van der Waals surface area contributed by atoms with E-state index < -0.39 is 28.0 Å². The third-order valence-corrected chi connectivity index (χ3v) is 6.16. The van der Waals surface area contributed by atoms with Crippen molar-refractivity contribution < 1.29 is 22.7 Å². The van der Waals surface area contributed by atoms with Crippen LogP contribution in [0.4, 0.5) is 0 Å². The Labute approximate surface area is 166 Å². The van der Waals surface area contributed by atoms with Gasteiger partial charge in [0.2, 0.25) is 10.0 Å². The van der Waals surface area contributed by atoms with Gasteiger partial charge in [0, 0.05) is 25.0 Å². The van der Waals surface area contributed by atoms with Crippen molar-refractivity contribution in [3.8, 4) is 0 Å². The van der Waals surface area contributed by atoms with Crippen molar-refractivity contribution in [2.24, 2.45) is 5.92 Å². The molecule has 1 aromatic carbocycles. The molecule has 0 unspecified atom stereocenters. The predicted octanol–water partition coefficient (Wildman–Crippen LogP) is 2.16. The van der Waals surface area contributed by atoms with Gasteiger partial charge in [0.1, 0.15) is 0 Å². The number of sulfonamides is 1.